The van der Waals surface area contributed by atoms with E-state index in [1.807, 2.05) is 36.7 Å². The van der Waals surface area contributed by atoms with Crippen LogP contribution in [0, 0.1) is 18.6 Å². The summed E-state index contributed by atoms with van der Waals surface area (Å²) >= 11 is 0. The van der Waals surface area contributed by atoms with Crippen LogP contribution in [0.3, 0.4) is 0 Å². The molecule has 0 radical (unpaired) electrons. The molecule has 1 aliphatic heterocycles. The molecule has 0 bridgehead atoms. The van der Waals surface area contributed by atoms with Gasteiger partial charge in [-0.3, -0.25) is 0 Å². The smallest absolute Gasteiger partial charge is 0.137 e. The summed E-state index contributed by atoms with van der Waals surface area (Å²) in [5.74, 6) is -1.26. The van der Waals surface area contributed by atoms with Gasteiger partial charge in [-0.15, -0.1) is 0 Å². The summed E-state index contributed by atoms with van der Waals surface area (Å²) in [6.45, 7) is 4.26. The Bertz CT molecular complexity index is 994. The van der Waals surface area contributed by atoms with Gasteiger partial charge in [-0.2, -0.15) is 0 Å². The number of ether oxygens (including phenoxy) is 1. The van der Waals surface area contributed by atoms with Crippen molar-refractivity contribution in [2.75, 3.05) is 39.1 Å². The van der Waals surface area contributed by atoms with Gasteiger partial charge >= 0.3 is 0 Å². The second kappa shape index (κ2) is 7.48. The number of rotatable bonds is 4. The van der Waals surface area contributed by atoms with E-state index in [-0.39, 0.29) is 11.7 Å². The number of nitrogens with one attached hydrogen (secondary N) is 1. The molecule has 28 heavy (non-hydrogen) atoms. The minimum atomic E-state index is -0.632. The Morgan fingerprint density at radius 2 is 2.00 bits per heavy atom. The van der Waals surface area contributed by atoms with Gasteiger partial charge in [-0.25, -0.2) is 13.8 Å². The van der Waals surface area contributed by atoms with Gasteiger partial charge in [-0.1, -0.05) is 0 Å². The molecule has 148 valence electrons. The number of fused-ring (bicyclic) bond motifs is 1. The van der Waals surface area contributed by atoms with Gasteiger partial charge in [0.25, 0.3) is 0 Å². The first-order chi connectivity index (χ1) is 13.5. The molecule has 5 nitrogen and oxygen atoms in total. The van der Waals surface area contributed by atoms with Crippen LogP contribution < -0.4 is 5.32 Å². The number of imidazole rings is 1. The summed E-state index contributed by atoms with van der Waals surface area (Å²) in [6, 6.07) is 6.47. The monoisotopic (exact) mass is 386 g/mol. The maximum absolute atomic E-state index is 14.8. The lowest BCUT2D eigenvalue weighted by atomic mass is 10.0. The Kier molecular flexibility index (Phi) is 5.03. The van der Waals surface area contributed by atoms with Gasteiger partial charge in [0.15, 0.2) is 0 Å². The Morgan fingerprint density at radius 1 is 1.25 bits per heavy atom. The zero-order valence-corrected chi connectivity index (χ0v) is 16.3. The lowest BCUT2D eigenvalue weighted by Gasteiger charge is -2.30. The molecule has 0 spiro atoms. The third-order valence-corrected chi connectivity index (χ3v) is 5.21. The Morgan fingerprint density at radius 3 is 2.68 bits per heavy atom. The normalized spacial score (nSPS) is 18.0. The molecule has 0 aliphatic carbocycles. The van der Waals surface area contributed by atoms with E-state index in [0.717, 1.165) is 24.3 Å². The molecule has 3 heterocycles. The first kappa shape index (κ1) is 18.8. The van der Waals surface area contributed by atoms with Gasteiger partial charge < -0.3 is 19.4 Å². The van der Waals surface area contributed by atoms with Crippen LogP contribution in [0.1, 0.15) is 11.3 Å². The molecule has 1 atom stereocenters. The fourth-order valence-corrected chi connectivity index (χ4v) is 3.74. The van der Waals surface area contributed by atoms with Crippen LogP contribution in [0.4, 0.5) is 14.5 Å². The zero-order chi connectivity index (χ0) is 19.8. The SMILES string of the molecule is CNc1cc(F)c(-c2nc3cc(C)ccn3c2CC2CN(C)CCO2)c(F)c1. The maximum Gasteiger partial charge on any atom is 0.137 e. The number of aryl methyl sites for hydroxylation is 1. The molecule has 1 fully saturated rings. The molecule has 2 aromatic heterocycles. The topological polar surface area (TPSA) is 41.8 Å². The van der Waals surface area contributed by atoms with Gasteiger partial charge in [-0.05, 0) is 43.8 Å². The van der Waals surface area contributed by atoms with Crippen molar-refractivity contribution in [3.8, 4) is 11.3 Å². The van der Waals surface area contributed by atoms with Crippen LogP contribution >= 0.6 is 0 Å². The van der Waals surface area contributed by atoms with E-state index >= 15 is 0 Å². The molecule has 1 N–H and O–H groups in total. The van der Waals surface area contributed by atoms with E-state index in [1.54, 1.807) is 7.05 Å². The molecule has 1 aliphatic rings. The molecule has 4 rings (SSSR count). The number of hydrogen-bond donors (Lipinski definition) is 1. The van der Waals surface area contributed by atoms with Crippen molar-refractivity contribution in [1.29, 1.82) is 0 Å². The fourth-order valence-electron chi connectivity index (χ4n) is 3.74. The Balaban J connectivity index is 1.86. The van der Waals surface area contributed by atoms with E-state index < -0.39 is 11.6 Å². The van der Waals surface area contributed by atoms with Crippen LogP contribution in [0.5, 0.6) is 0 Å². The summed E-state index contributed by atoms with van der Waals surface area (Å²) in [6.07, 6.45) is 2.37. The number of anilines is 1. The van der Waals surface area contributed by atoms with Crippen LogP contribution in [-0.2, 0) is 11.2 Å². The van der Waals surface area contributed by atoms with Gasteiger partial charge in [0.05, 0.1) is 29.7 Å². The number of benzene rings is 1. The number of nitrogens with zero attached hydrogens (tertiary/aromatic N) is 3. The molecule has 3 aromatic rings. The number of pyridine rings is 1. The maximum atomic E-state index is 14.8. The van der Waals surface area contributed by atoms with Crippen molar-refractivity contribution >= 4 is 11.3 Å². The largest absolute Gasteiger partial charge is 0.388 e. The molecular formula is C21H24F2N4O. The Hall–Kier alpha value is -2.51. The van der Waals surface area contributed by atoms with E-state index in [9.17, 15) is 8.78 Å². The van der Waals surface area contributed by atoms with E-state index in [0.29, 0.717) is 30.1 Å². The summed E-state index contributed by atoms with van der Waals surface area (Å²) in [4.78, 5) is 6.80. The fraction of sp³-hybridized carbons (Fsp3) is 0.381. The lowest BCUT2D eigenvalue weighted by molar-refractivity contribution is -0.0190. The molecule has 0 saturated carbocycles. The van der Waals surface area contributed by atoms with Gasteiger partial charge in [0, 0.05) is 38.4 Å². The predicted octanol–water partition coefficient (Wildman–Crippen LogP) is 3.50. The number of likely N-dealkylation sites (N-methyl/N-ethyl adjacent to an activating group) is 1. The van der Waals surface area contributed by atoms with Crippen molar-refractivity contribution in [2.24, 2.45) is 0 Å². The highest BCUT2D eigenvalue weighted by molar-refractivity contribution is 5.70. The standard InChI is InChI=1S/C21H24F2N4O/c1-13-4-5-27-18(11-15-12-26(3)6-7-28-15)21(25-19(27)8-13)20-16(22)9-14(24-2)10-17(20)23/h4-5,8-10,15,24H,6-7,11-12H2,1-3H3. The van der Waals surface area contributed by atoms with Crippen LogP contribution in [0.15, 0.2) is 30.5 Å². The quantitative estimate of drug-likeness (QED) is 0.745. The number of hydrogen-bond acceptors (Lipinski definition) is 4. The number of halogens is 2. The van der Waals surface area contributed by atoms with Gasteiger partial charge in [0.2, 0.25) is 0 Å². The highest BCUT2D eigenvalue weighted by Crippen LogP contribution is 2.32. The average molecular weight is 386 g/mol. The zero-order valence-electron chi connectivity index (χ0n) is 16.3. The first-order valence-corrected chi connectivity index (χ1v) is 9.41. The van der Waals surface area contributed by atoms with Crippen LogP contribution in [0.2, 0.25) is 0 Å². The molecule has 1 aromatic carbocycles. The highest BCUT2D eigenvalue weighted by atomic mass is 19.1. The summed E-state index contributed by atoms with van der Waals surface area (Å²) in [5, 5.41) is 2.78. The van der Waals surface area contributed by atoms with Crippen molar-refractivity contribution < 1.29 is 13.5 Å². The molecule has 0 amide bonds. The summed E-state index contributed by atoms with van der Waals surface area (Å²) in [7, 11) is 3.67. The third-order valence-electron chi connectivity index (χ3n) is 5.21. The van der Waals surface area contributed by atoms with Crippen molar-refractivity contribution in [2.45, 2.75) is 19.4 Å². The second-order valence-corrected chi connectivity index (χ2v) is 7.36. The third kappa shape index (κ3) is 3.47. The van der Waals surface area contributed by atoms with Crippen molar-refractivity contribution in [1.82, 2.24) is 14.3 Å². The van der Waals surface area contributed by atoms with Crippen molar-refractivity contribution in [3.63, 3.8) is 0 Å². The second-order valence-electron chi connectivity index (χ2n) is 7.36. The van der Waals surface area contributed by atoms with Crippen LogP contribution in [-0.4, -0.2) is 54.2 Å². The number of aromatic nitrogens is 2. The molecular weight excluding hydrogens is 362 g/mol. The molecule has 1 saturated heterocycles. The highest BCUT2D eigenvalue weighted by Gasteiger charge is 2.26. The minimum Gasteiger partial charge on any atom is -0.388 e. The van der Waals surface area contributed by atoms with E-state index in [4.69, 9.17) is 4.74 Å². The van der Waals surface area contributed by atoms with E-state index in [1.165, 1.54) is 12.1 Å². The predicted molar refractivity (Wildman–Crippen MR) is 106 cm³/mol. The summed E-state index contributed by atoms with van der Waals surface area (Å²) < 4.78 is 37.5. The number of morpholine rings is 1. The molecule has 1 unspecified atom stereocenters. The first-order valence-electron chi connectivity index (χ1n) is 9.41. The Labute approximate surface area is 162 Å². The van der Waals surface area contributed by atoms with Crippen molar-refractivity contribution in [3.05, 3.63) is 53.4 Å². The minimum absolute atomic E-state index is 0.0543. The van der Waals surface area contributed by atoms with Gasteiger partial charge in [0.1, 0.15) is 17.3 Å². The lowest BCUT2D eigenvalue weighted by Crippen LogP contribution is -2.41. The summed E-state index contributed by atoms with van der Waals surface area (Å²) in [5.41, 5.74) is 3.09. The average Bonchev–Trinajstić information content (AvgIpc) is 2.98. The van der Waals surface area contributed by atoms with Crippen LogP contribution in [0.25, 0.3) is 16.9 Å². The molecule has 7 heteroatoms. The van der Waals surface area contributed by atoms with E-state index in [2.05, 4.69) is 15.2 Å².